The second kappa shape index (κ2) is 5.60. The second-order valence-electron chi connectivity index (χ2n) is 6.06. The first kappa shape index (κ1) is 14.6. The van der Waals surface area contributed by atoms with Crippen molar-refractivity contribution in [1.29, 1.82) is 0 Å². The summed E-state index contributed by atoms with van der Waals surface area (Å²) in [7, 11) is 0. The molecule has 4 nitrogen and oxygen atoms in total. The summed E-state index contributed by atoms with van der Waals surface area (Å²) in [5.74, 6) is -0.0958. The van der Waals surface area contributed by atoms with E-state index in [4.69, 9.17) is 0 Å². The summed E-state index contributed by atoms with van der Waals surface area (Å²) in [6.07, 6.45) is 1.69. The molecule has 0 spiro atoms. The Hall–Kier alpha value is -2.95. The molecule has 0 radical (unpaired) electrons. The van der Waals surface area contributed by atoms with Crippen LogP contribution in [0.1, 0.15) is 28.9 Å². The predicted molar refractivity (Wildman–Crippen MR) is 90.2 cm³/mol. The van der Waals surface area contributed by atoms with Crippen LogP contribution in [-0.4, -0.2) is 22.4 Å². The van der Waals surface area contributed by atoms with E-state index in [1.807, 2.05) is 24.3 Å². The van der Waals surface area contributed by atoms with Crippen molar-refractivity contribution in [3.05, 3.63) is 65.7 Å². The average Bonchev–Trinajstić information content (AvgIpc) is 3.05. The van der Waals surface area contributed by atoms with Crippen LogP contribution in [0.15, 0.2) is 48.7 Å². The minimum Gasteiger partial charge on any atom is -0.357 e. The Morgan fingerprint density at radius 3 is 2.83 bits per heavy atom. The summed E-state index contributed by atoms with van der Waals surface area (Å²) in [6, 6.07) is 12.0. The van der Waals surface area contributed by atoms with Gasteiger partial charge in [-0.25, -0.2) is 4.39 Å². The number of H-pyrrole nitrogens is 1. The first-order valence-corrected chi connectivity index (χ1v) is 7.85. The van der Waals surface area contributed by atoms with Gasteiger partial charge in [-0.05, 0) is 30.3 Å². The number of halogens is 1. The lowest BCUT2D eigenvalue weighted by molar-refractivity contribution is 0.0941. The molecule has 24 heavy (non-hydrogen) atoms. The fourth-order valence-electron chi connectivity index (χ4n) is 3.05. The van der Waals surface area contributed by atoms with Gasteiger partial charge in [0.25, 0.3) is 5.91 Å². The van der Waals surface area contributed by atoms with Crippen LogP contribution in [0.25, 0.3) is 22.5 Å². The maximum atomic E-state index is 13.4. The molecule has 0 fully saturated rings. The van der Waals surface area contributed by atoms with Crippen molar-refractivity contribution in [2.24, 2.45) is 0 Å². The SMILES string of the molecule is CC1CNC(=O)c2cc(-c3ccnc(-c4cccc(F)c4)c3)[nH]c21. The molecular formula is C19H16FN3O. The molecule has 3 aromatic rings. The first-order chi connectivity index (χ1) is 11.6. The van der Waals surface area contributed by atoms with Gasteiger partial charge in [0.2, 0.25) is 0 Å². The zero-order valence-electron chi connectivity index (χ0n) is 13.1. The first-order valence-electron chi connectivity index (χ1n) is 7.85. The fraction of sp³-hybridized carbons (Fsp3) is 0.158. The number of aromatic nitrogens is 2. The van der Waals surface area contributed by atoms with E-state index in [-0.39, 0.29) is 17.6 Å². The lowest BCUT2D eigenvalue weighted by atomic mass is 9.99. The Morgan fingerprint density at radius 2 is 2.04 bits per heavy atom. The molecule has 2 N–H and O–H groups in total. The number of nitrogens with one attached hydrogen (secondary N) is 2. The van der Waals surface area contributed by atoms with E-state index in [2.05, 4.69) is 22.2 Å². The van der Waals surface area contributed by atoms with Crippen LogP contribution in [0, 0.1) is 5.82 Å². The predicted octanol–water partition coefficient (Wildman–Crippen LogP) is 3.73. The summed E-state index contributed by atoms with van der Waals surface area (Å²) in [6.45, 7) is 2.71. The van der Waals surface area contributed by atoms with Gasteiger partial charge in [-0.3, -0.25) is 9.78 Å². The third-order valence-corrected chi connectivity index (χ3v) is 4.35. The minimum absolute atomic E-state index is 0.0509. The molecule has 1 atom stereocenters. The quantitative estimate of drug-likeness (QED) is 0.755. The highest BCUT2D eigenvalue weighted by Crippen LogP contribution is 2.30. The molecule has 2 aromatic heterocycles. The maximum absolute atomic E-state index is 13.4. The Kier molecular flexibility index (Phi) is 3.41. The van der Waals surface area contributed by atoms with E-state index in [1.165, 1.54) is 12.1 Å². The van der Waals surface area contributed by atoms with Gasteiger partial charge >= 0.3 is 0 Å². The van der Waals surface area contributed by atoms with Gasteiger partial charge < -0.3 is 10.3 Å². The van der Waals surface area contributed by atoms with Gasteiger partial charge in [-0.1, -0.05) is 19.1 Å². The van der Waals surface area contributed by atoms with E-state index < -0.39 is 0 Å². The topological polar surface area (TPSA) is 57.8 Å². The third-order valence-electron chi connectivity index (χ3n) is 4.35. The average molecular weight is 321 g/mol. The van der Waals surface area contributed by atoms with Crippen molar-refractivity contribution in [3.8, 4) is 22.5 Å². The number of carbonyl (C=O) groups is 1. The van der Waals surface area contributed by atoms with Gasteiger partial charge in [0.05, 0.1) is 11.3 Å². The molecule has 1 aliphatic rings. The van der Waals surface area contributed by atoms with Gasteiger partial charge in [-0.15, -0.1) is 0 Å². The summed E-state index contributed by atoms with van der Waals surface area (Å²) in [5, 5.41) is 2.88. The highest BCUT2D eigenvalue weighted by Gasteiger charge is 2.25. The van der Waals surface area contributed by atoms with Crippen molar-refractivity contribution in [1.82, 2.24) is 15.3 Å². The van der Waals surface area contributed by atoms with Crippen LogP contribution in [0.4, 0.5) is 4.39 Å². The van der Waals surface area contributed by atoms with Crippen molar-refractivity contribution < 1.29 is 9.18 Å². The molecule has 1 amide bonds. The highest BCUT2D eigenvalue weighted by atomic mass is 19.1. The normalized spacial score (nSPS) is 16.6. The van der Waals surface area contributed by atoms with Crippen LogP contribution in [-0.2, 0) is 0 Å². The fourth-order valence-corrected chi connectivity index (χ4v) is 3.05. The van der Waals surface area contributed by atoms with E-state index in [9.17, 15) is 9.18 Å². The molecule has 0 saturated heterocycles. The Bertz CT molecular complexity index is 932. The Balaban J connectivity index is 1.77. The molecule has 1 unspecified atom stereocenters. The van der Waals surface area contributed by atoms with E-state index >= 15 is 0 Å². The van der Waals surface area contributed by atoms with Gasteiger partial charge in [0.15, 0.2) is 0 Å². The molecule has 3 heterocycles. The summed E-state index contributed by atoms with van der Waals surface area (Å²) < 4.78 is 13.4. The molecule has 0 bridgehead atoms. The second-order valence-corrected chi connectivity index (χ2v) is 6.06. The van der Waals surface area contributed by atoms with Crippen LogP contribution in [0.3, 0.4) is 0 Å². The van der Waals surface area contributed by atoms with Crippen molar-refractivity contribution in [2.75, 3.05) is 6.54 Å². The largest absolute Gasteiger partial charge is 0.357 e. The zero-order valence-corrected chi connectivity index (χ0v) is 13.1. The Morgan fingerprint density at radius 1 is 1.17 bits per heavy atom. The highest BCUT2D eigenvalue weighted by molar-refractivity contribution is 5.98. The van der Waals surface area contributed by atoms with Crippen LogP contribution in [0.2, 0.25) is 0 Å². The smallest absolute Gasteiger partial charge is 0.253 e. The number of aromatic amines is 1. The number of benzene rings is 1. The number of nitrogens with zero attached hydrogens (tertiary/aromatic N) is 1. The summed E-state index contributed by atoms with van der Waals surface area (Å²) in [4.78, 5) is 19.7. The number of hydrogen-bond donors (Lipinski definition) is 2. The maximum Gasteiger partial charge on any atom is 0.253 e. The van der Waals surface area contributed by atoms with Crippen molar-refractivity contribution in [3.63, 3.8) is 0 Å². The molecule has 5 heteroatoms. The Labute approximate surface area is 138 Å². The number of pyridine rings is 1. The van der Waals surface area contributed by atoms with Crippen molar-refractivity contribution in [2.45, 2.75) is 12.8 Å². The number of fused-ring (bicyclic) bond motifs is 1. The number of carbonyl (C=O) groups excluding carboxylic acids is 1. The standard InChI is InChI=1S/C19H16FN3O/c1-11-10-22-19(24)15-9-17(23-18(11)15)13-5-6-21-16(8-13)12-3-2-4-14(20)7-12/h2-9,11,23H,10H2,1H3,(H,22,24). The summed E-state index contributed by atoms with van der Waals surface area (Å²) >= 11 is 0. The van der Waals surface area contributed by atoms with Crippen LogP contribution < -0.4 is 5.32 Å². The van der Waals surface area contributed by atoms with E-state index in [1.54, 1.807) is 12.3 Å². The monoisotopic (exact) mass is 321 g/mol. The molecule has 1 aliphatic heterocycles. The molecule has 4 rings (SSSR count). The number of amides is 1. The number of hydrogen-bond acceptors (Lipinski definition) is 2. The van der Waals surface area contributed by atoms with E-state index in [0.717, 1.165) is 22.5 Å². The lowest BCUT2D eigenvalue weighted by Gasteiger charge is -2.18. The molecular weight excluding hydrogens is 305 g/mol. The van der Waals surface area contributed by atoms with Gasteiger partial charge in [-0.2, -0.15) is 0 Å². The van der Waals surface area contributed by atoms with Crippen LogP contribution in [0.5, 0.6) is 0 Å². The third kappa shape index (κ3) is 2.48. The number of rotatable bonds is 2. The minimum atomic E-state index is -0.291. The summed E-state index contributed by atoms with van der Waals surface area (Å²) in [5.41, 5.74) is 4.84. The zero-order chi connectivity index (χ0) is 16.7. The van der Waals surface area contributed by atoms with Gasteiger partial charge in [0.1, 0.15) is 5.82 Å². The van der Waals surface area contributed by atoms with Crippen molar-refractivity contribution >= 4 is 5.91 Å². The van der Waals surface area contributed by atoms with E-state index in [0.29, 0.717) is 17.8 Å². The van der Waals surface area contributed by atoms with Crippen LogP contribution >= 0.6 is 0 Å². The molecule has 0 saturated carbocycles. The molecule has 120 valence electrons. The molecule has 0 aliphatic carbocycles. The van der Waals surface area contributed by atoms with Gasteiger partial charge in [0, 0.05) is 41.2 Å². The molecule has 1 aromatic carbocycles. The lowest BCUT2D eigenvalue weighted by Crippen LogP contribution is -2.33.